The van der Waals surface area contributed by atoms with Crippen LogP contribution in [0.5, 0.6) is 0 Å². The predicted octanol–water partition coefficient (Wildman–Crippen LogP) is -0.415. The number of carboxylic acids is 1. The third-order valence-electron chi connectivity index (χ3n) is 1.57. The average Bonchev–Trinajstić information content (AvgIpc) is 2.04. The lowest BCUT2D eigenvalue weighted by molar-refractivity contribution is -0.144. The lowest BCUT2D eigenvalue weighted by Gasteiger charge is -2.21. The second-order valence-corrected chi connectivity index (χ2v) is 2.77. The van der Waals surface area contributed by atoms with Crippen LogP contribution in [0.3, 0.4) is 0 Å². The van der Waals surface area contributed by atoms with Crippen molar-refractivity contribution in [3.63, 3.8) is 0 Å². The molecule has 14 heavy (non-hydrogen) atoms. The number of carbonyl (C=O) groups is 2. The molecule has 0 rings (SSSR count). The zero-order valence-electron chi connectivity index (χ0n) is 8.44. The van der Waals surface area contributed by atoms with Crippen molar-refractivity contribution in [1.82, 2.24) is 5.32 Å². The lowest BCUT2D eigenvalue weighted by atomic mass is 10.3. The molecule has 1 atom stereocenters. The summed E-state index contributed by atoms with van der Waals surface area (Å²) in [5, 5.41) is 10.8. The first-order valence-electron chi connectivity index (χ1n) is 4.08. The zero-order chi connectivity index (χ0) is 11.1. The first-order valence-corrected chi connectivity index (χ1v) is 4.08. The summed E-state index contributed by atoms with van der Waals surface area (Å²) in [5.41, 5.74) is 0. The summed E-state index contributed by atoms with van der Waals surface area (Å²) in [6.07, 6.45) is -1.13. The first kappa shape index (κ1) is 12.9. The van der Waals surface area contributed by atoms with Crippen LogP contribution in [-0.2, 0) is 19.1 Å². The Morgan fingerprint density at radius 2 is 1.86 bits per heavy atom. The fourth-order valence-corrected chi connectivity index (χ4v) is 1.01. The van der Waals surface area contributed by atoms with E-state index in [2.05, 4.69) is 5.32 Å². The summed E-state index contributed by atoms with van der Waals surface area (Å²) in [6, 6.07) is -0.392. The third-order valence-corrected chi connectivity index (χ3v) is 1.57. The van der Waals surface area contributed by atoms with Crippen LogP contribution in [0.2, 0.25) is 0 Å². The van der Waals surface area contributed by atoms with Gasteiger partial charge >= 0.3 is 5.97 Å². The van der Waals surface area contributed by atoms with Gasteiger partial charge in [0, 0.05) is 14.2 Å². The van der Waals surface area contributed by atoms with Gasteiger partial charge in [-0.05, 0) is 6.92 Å². The molecule has 0 heterocycles. The van der Waals surface area contributed by atoms with Gasteiger partial charge in [0.25, 0.3) is 0 Å². The molecule has 0 aliphatic carbocycles. The molecule has 0 aromatic heterocycles. The highest BCUT2D eigenvalue weighted by atomic mass is 16.7. The molecule has 1 unspecified atom stereocenters. The SMILES string of the molecule is COC(OC)C(C)NC(=O)CC(=O)O. The predicted molar refractivity (Wildman–Crippen MR) is 47.7 cm³/mol. The van der Waals surface area contributed by atoms with E-state index in [1.807, 2.05) is 0 Å². The molecule has 0 aliphatic heterocycles. The Kier molecular flexibility index (Phi) is 5.82. The number of nitrogens with one attached hydrogen (secondary N) is 1. The Labute approximate surface area is 82.2 Å². The summed E-state index contributed by atoms with van der Waals surface area (Å²) in [4.78, 5) is 21.2. The molecule has 0 aromatic rings. The number of hydrogen-bond acceptors (Lipinski definition) is 4. The molecule has 0 fully saturated rings. The number of amides is 1. The van der Waals surface area contributed by atoms with E-state index in [1.54, 1.807) is 6.92 Å². The summed E-state index contributed by atoms with van der Waals surface area (Å²) >= 11 is 0. The molecule has 1 amide bonds. The number of methoxy groups -OCH3 is 2. The van der Waals surface area contributed by atoms with Crippen LogP contribution in [0.25, 0.3) is 0 Å². The molecule has 82 valence electrons. The largest absolute Gasteiger partial charge is 0.481 e. The maximum Gasteiger partial charge on any atom is 0.312 e. The molecule has 0 aliphatic rings. The van der Waals surface area contributed by atoms with Crippen LogP contribution in [0.4, 0.5) is 0 Å². The average molecular weight is 205 g/mol. The Morgan fingerprint density at radius 3 is 2.21 bits per heavy atom. The molecule has 2 N–H and O–H groups in total. The van der Waals surface area contributed by atoms with Gasteiger partial charge in [-0.1, -0.05) is 0 Å². The number of ether oxygens (including phenoxy) is 2. The van der Waals surface area contributed by atoms with Crippen LogP contribution in [0.15, 0.2) is 0 Å². The zero-order valence-corrected chi connectivity index (χ0v) is 8.44. The highest BCUT2D eigenvalue weighted by molar-refractivity contribution is 5.93. The minimum absolute atomic E-state index is 0.392. The van der Waals surface area contributed by atoms with Crippen molar-refractivity contribution in [3.05, 3.63) is 0 Å². The summed E-state index contributed by atoms with van der Waals surface area (Å²) < 4.78 is 9.77. The van der Waals surface area contributed by atoms with E-state index in [0.29, 0.717) is 0 Å². The summed E-state index contributed by atoms with van der Waals surface area (Å²) in [6.45, 7) is 1.66. The number of carbonyl (C=O) groups excluding carboxylic acids is 1. The molecule has 0 spiro atoms. The minimum Gasteiger partial charge on any atom is -0.481 e. The lowest BCUT2D eigenvalue weighted by Crippen LogP contribution is -2.43. The first-order chi connectivity index (χ1) is 6.51. The number of rotatable bonds is 6. The fourth-order valence-electron chi connectivity index (χ4n) is 1.01. The van der Waals surface area contributed by atoms with Gasteiger partial charge in [0.15, 0.2) is 6.29 Å². The third kappa shape index (κ3) is 4.78. The van der Waals surface area contributed by atoms with Gasteiger partial charge in [-0.3, -0.25) is 9.59 Å². The molecule has 0 saturated heterocycles. The van der Waals surface area contributed by atoms with E-state index in [-0.39, 0.29) is 0 Å². The standard InChI is InChI=1S/C8H15NO5/c1-5(8(13-2)14-3)9-6(10)4-7(11)12/h5,8H,4H2,1-3H3,(H,9,10)(H,11,12). The Morgan fingerprint density at radius 1 is 1.36 bits per heavy atom. The Balaban J connectivity index is 3.97. The maximum absolute atomic E-state index is 11.0. The van der Waals surface area contributed by atoms with E-state index in [4.69, 9.17) is 14.6 Å². The van der Waals surface area contributed by atoms with Gasteiger partial charge in [0.1, 0.15) is 6.42 Å². The molecule has 0 bridgehead atoms. The van der Waals surface area contributed by atoms with Gasteiger partial charge in [-0.15, -0.1) is 0 Å². The van der Waals surface area contributed by atoms with Crippen LogP contribution in [0.1, 0.15) is 13.3 Å². The van der Waals surface area contributed by atoms with Gasteiger partial charge < -0.3 is 19.9 Å². The van der Waals surface area contributed by atoms with Gasteiger partial charge in [0.05, 0.1) is 6.04 Å². The van der Waals surface area contributed by atoms with Crippen molar-refractivity contribution in [2.75, 3.05) is 14.2 Å². The topological polar surface area (TPSA) is 84.9 Å². The molecular formula is C8H15NO5. The van der Waals surface area contributed by atoms with E-state index >= 15 is 0 Å². The second-order valence-electron chi connectivity index (χ2n) is 2.77. The molecule has 6 heteroatoms. The second kappa shape index (κ2) is 6.33. The molecule has 0 radical (unpaired) electrons. The van der Waals surface area contributed by atoms with Crippen LogP contribution >= 0.6 is 0 Å². The highest BCUT2D eigenvalue weighted by Gasteiger charge is 2.18. The quantitative estimate of drug-likeness (QED) is 0.454. The van der Waals surface area contributed by atoms with Crippen LogP contribution in [-0.4, -0.2) is 43.5 Å². The van der Waals surface area contributed by atoms with E-state index in [0.717, 1.165) is 0 Å². The molecule has 0 saturated carbocycles. The molecular weight excluding hydrogens is 190 g/mol. The van der Waals surface area contributed by atoms with Crippen LogP contribution in [0, 0.1) is 0 Å². The van der Waals surface area contributed by atoms with Crippen molar-refractivity contribution in [2.45, 2.75) is 25.7 Å². The summed E-state index contributed by atoms with van der Waals surface area (Å²) in [7, 11) is 2.88. The summed E-state index contributed by atoms with van der Waals surface area (Å²) in [5.74, 6) is -1.73. The Bertz CT molecular complexity index is 202. The fraction of sp³-hybridized carbons (Fsp3) is 0.750. The van der Waals surface area contributed by atoms with Gasteiger partial charge in [-0.25, -0.2) is 0 Å². The Hall–Kier alpha value is -1.14. The highest BCUT2D eigenvalue weighted by Crippen LogP contribution is 1.98. The number of hydrogen-bond donors (Lipinski definition) is 2. The molecule has 6 nitrogen and oxygen atoms in total. The van der Waals surface area contributed by atoms with Gasteiger partial charge in [0.2, 0.25) is 5.91 Å². The van der Waals surface area contributed by atoms with Gasteiger partial charge in [-0.2, -0.15) is 0 Å². The van der Waals surface area contributed by atoms with Crippen molar-refractivity contribution in [2.24, 2.45) is 0 Å². The van der Waals surface area contributed by atoms with Crippen molar-refractivity contribution in [3.8, 4) is 0 Å². The maximum atomic E-state index is 11.0. The normalized spacial score (nSPS) is 12.6. The molecule has 0 aromatic carbocycles. The van der Waals surface area contributed by atoms with Crippen molar-refractivity contribution in [1.29, 1.82) is 0 Å². The minimum atomic E-state index is -1.17. The monoisotopic (exact) mass is 205 g/mol. The number of carboxylic acid groups (broad SMARTS) is 1. The van der Waals surface area contributed by atoms with Crippen LogP contribution < -0.4 is 5.32 Å². The smallest absolute Gasteiger partial charge is 0.312 e. The van der Waals surface area contributed by atoms with Crippen molar-refractivity contribution < 1.29 is 24.2 Å². The van der Waals surface area contributed by atoms with E-state index in [9.17, 15) is 9.59 Å². The van der Waals surface area contributed by atoms with E-state index < -0.39 is 30.6 Å². The van der Waals surface area contributed by atoms with Crippen molar-refractivity contribution >= 4 is 11.9 Å². The number of aliphatic carboxylic acids is 1. The van der Waals surface area contributed by atoms with E-state index in [1.165, 1.54) is 14.2 Å².